The lowest BCUT2D eigenvalue weighted by Gasteiger charge is -2.44. The van der Waals surface area contributed by atoms with Gasteiger partial charge in [-0.3, -0.25) is 0 Å². The fraction of sp³-hybridized carbons (Fsp3) is 0.500. The molecular formula is C14H16F3N3. The van der Waals surface area contributed by atoms with E-state index in [4.69, 9.17) is 5.26 Å². The molecule has 0 spiro atoms. The Balaban J connectivity index is 2.42. The average molecular weight is 283 g/mol. The second-order valence-corrected chi connectivity index (χ2v) is 5.48. The highest BCUT2D eigenvalue weighted by atomic mass is 19.4. The van der Waals surface area contributed by atoms with Gasteiger partial charge in [-0.15, -0.1) is 0 Å². The lowest BCUT2D eigenvalue weighted by molar-refractivity contribution is -0.137. The second-order valence-electron chi connectivity index (χ2n) is 5.48. The lowest BCUT2D eigenvalue weighted by atomic mass is 9.97. The standard InChI is InChI=1S/C14H16F3N3/c1-13(2)9-19-5-6-20(13)11-3-4-12(14(15,16)17)10(7-11)8-18/h3-4,7,19H,5-6,9H2,1-2H3. The zero-order chi connectivity index (χ0) is 15.0. The summed E-state index contributed by atoms with van der Waals surface area (Å²) in [5.74, 6) is 0. The van der Waals surface area contributed by atoms with Crippen molar-refractivity contribution in [1.29, 1.82) is 5.26 Å². The molecule has 2 rings (SSSR count). The van der Waals surface area contributed by atoms with Crippen molar-refractivity contribution in [2.45, 2.75) is 25.6 Å². The molecule has 1 aromatic rings. The highest BCUT2D eigenvalue weighted by Gasteiger charge is 2.35. The molecule has 108 valence electrons. The van der Waals surface area contributed by atoms with Gasteiger partial charge in [-0.2, -0.15) is 18.4 Å². The molecule has 0 unspecified atom stereocenters. The first-order valence-electron chi connectivity index (χ1n) is 6.35. The average Bonchev–Trinajstić information content (AvgIpc) is 2.36. The third-order valence-corrected chi connectivity index (χ3v) is 3.54. The third-order valence-electron chi connectivity index (χ3n) is 3.54. The molecule has 3 nitrogen and oxygen atoms in total. The van der Waals surface area contributed by atoms with Gasteiger partial charge in [-0.25, -0.2) is 0 Å². The van der Waals surface area contributed by atoms with E-state index in [0.29, 0.717) is 12.2 Å². The second kappa shape index (κ2) is 4.98. The molecule has 1 N–H and O–H groups in total. The fourth-order valence-electron chi connectivity index (χ4n) is 2.50. The monoisotopic (exact) mass is 283 g/mol. The van der Waals surface area contributed by atoms with Gasteiger partial charge in [0.25, 0.3) is 0 Å². The number of alkyl halides is 3. The molecule has 6 heteroatoms. The highest BCUT2D eigenvalue weighted by Crippen LogP contribution is 2.35. The molecule has 1 fully saturated rings. The predicted molar refractivity (Wildman–Crippen MR) is 70.5 cm³/mol. The summed E-state index contributed by atoms with van der Waals surface area (Å²) in [5.41, 5.74) is -0.757. The van der Waals surface area contributed by atoms with Gasteiger partial charge in [0.1, 0.15) is 0 Å². The first kappa shape index (κ1) is 14.7. The zero-order valence-corrected chi connectivity index (χ0v) is 11.4. The summed E-state index contributed by atoms with van der Waals surface area (Å²) in [6.45, 7) is 6.25. The summed E-state index contributed by atoms with van der Waals surface area (Å²) in [5, 5.41) is 12.2. The molecule has 1 heterocycles. The number of hydrogen-bond donors (Lipinski definition) is 1. The van der Waals surface area contributed by atoms with Crippen LogP contribution in [0.1, 0.15) is 25.0 Å². The predicted octanol–water partition coefficient (Wildman–Crippen LogP) is 2.77. The Kier molecular flexibility index (Phi) is 3.65. The largest absolute Gasteiger partial charge is 0.417 e. The fourth-order valence-corrected chi connectivity index (χ4v) is 2.50. The summed E-state index contributed by atoms with van der Waals surface area (Å²) in [6.07, 6.45) is -4.50. The van der Waals surface area contributed by atoms with Crippen molar-refractivity contribution in [3.8, 4) is 6.07 Å². The molecule has 0 amide bonds. The maximum absolute atomic E-state index is 12.8. The highest BCUT2D eigenvalue weighted by molar-refractivity contribution is 5.57. The number of rotatable bonds is 1. The number of piperazine rings is 1. The van der Waals surface area contributed by atoms with Gasteiger partial charge in [-0.1, -0.05) is 0 Å². The number of anilines is 1. The van der Waals surface area contributed by atoms with Crippen LogP contribution in [0.2, 0.25) is 0 Å². The number of benzene rings is 1. The number of nitrogens with one attached hydrogen (secondary N) is 1. The van der Waals surface area contributed by atoms with Crippen LogP contribution in [-0.2, 0) is 6.18 Å². The van der Waals surface area contributed by atoms with Crippen LogP contribution in [0.15, 0.2) is 18.2 Å². The Morgan fingerprint density at radius 3 is 2.60 bits per heavy atom. The lowest BCUT2D eigenvalue weighted by Crippen LogP contribution is -2.58. The third kappa shape index (κ3) is 2.73. The molecule has 1 aliphatic rings. The molecule has 1 saturated heterocycles. The van der Waals surface area contributed by atoms with Crippen LogP contribution in [-0.4, -0.2) is 25.2 Å². The van der Waals surface area contributed by atoms with Crippen molar-refractivity contribution in [1.82, 2.24) is 5.32 Å². The first-order valence-corrected chi connectivity index (χ1v) is 6.35. The van der Waals surface area contributed by atoms with Crippen LogP contribution in [0.25, 0.3) is 0 Å². The van der Waals surface area contributed by atoms with Crippen molar-refractivity contribution in [2.24, 2.45) is 0 Å². The maximum Gasteiger partial charge on any atom is 0.417 e. The van der Waals surface area contributed by atoms with E-state index in [9.17, 15) is 13.2 Å². The van der Waals surface area contributed by atoms with Crippen molar-refractivity contribution in [2.75, 3.05) is 24.5 Å². The quantitative estimate of drug-likeness (QED) is 0.861. The molecule has 0 aromatic heterocycles. The van der Waals surface area contributed by atoms with Crippen molar-refractivity contribution >= 4 is 5.69 Å². The van der Waals surface area contributed by atoms with E-state index in [2.05, 4.69) is 5.32 Å². The van der Waals surface area contributed by atoms with Crippen molar-refractivity contribution < 1.29 is 13.2 Å². The Hall–Kier alpha value is -1.74. The van der Waals surface area contributed by atoms with Crippen LogP contribution in [0.4, 0.5) is 18.9 Å². The van der Waals surface area contributed by atoms with Gasteiger partial charge in [-0.05, 0) is 32.0 Å². The van der Waals surface area contributed by atoms with E-state index < -0.39 is 11.7 Å². The number of nitrogens with zero attached hydrogens (tertiary/aromatic N) is 2. The SMILES string of the molecule is CC1(C)CNCCN1c1ccc(C(F)(F)F)c(C#N)c1. The van der Waals surface area contributed by atoms with Crippen LogP contribution in [0, 0.1) is 11.3 Å². The van der Waals surface area contributed by atoms with Gasteiger partial charge in [0.2, 0.25) is 0 Å². The van der Waals surface area contributed by atoms with Crippen LogP contribution in [0.3, 0.4) is 0 Å². The molecule has 0 aliphatic carbocycles. The Labute approximate surface area is 116 Å². The number of hydrogen-bond acceptors (Lipinski definition) is 3. The summed E-state index contributed by atoms with van der Waals surface area (Å²) >= 11 is 0. The van der Waals surface area contributed by atoms with E-state index in [0.717, 1.165) is 19.2 Å². The number of nitriles is 1. The molecule has 0 atom stereocenters. The van der Waals surface area contributed by atoms with Crippen LogP contribution >= 0.6 is 0 Å². The summed E-state index contributed by atoms with van der Waals surface area (Å²) in [6, 6.07) is 5.41. The van der Waals surface area contributed by atoms with Gasteiger partial charge in [0, 0.05) is 30.9 Å². The molecular weight excluding hydrogens is 267 g/mol. The van der Waals surface area contributed by atoms with Crippen molar-refractivity contribution in [3.63, 3.8) is 0 Å². The Morgan fingerprint density at radius 1 is 1.35 bits per heavy atom. The van der Waals surface area contributed by atoms with E-state index in [1.54, 1.807) is 6.07 Å². The van der Waals surface area contributed by atoms with Crippen LogP contribution in [0.5, 0.6) is 0 Å². The number of halogens is 3. The molecule has 20 heavy (non-hydrogen) atoms. The van der Waals surface area contributed by atoms with Crippen LogP contribution < -0.4 is 10.2 Å². The minimum atomic E-state index is -4.50. The Morgan fingerprint density at radius 2 is 2.05 bits per heavy atom. The smallest absolute Gasteiger partial charge is 0.364 e. The topological polar surface area (TPSA) is 39.1 Å². The van der Waals surface area contributed by atoms with E-state index >= 15 is 0 Å². The summed E-state index contributed by atoms with van der Waals surface area (Å²) < 4.78 is 38.4. The molecule has 0 bridgehead atoms. The van der Waals surface area contributed by atoms with E-state index in [1.807, 2.05) is 18.7 Å². The minimum Gasteiger partial charge on any atom is -0.364 e. The summed E-state index contributed by atoms with van der Waals surface area (Å²) in [4.78, 5) is 2.03. The Bertz CT molecular complexity index is 544. The summed E-state index contributed by atoms with van der Waals surface area (Å²) in [7, 11) is 0. The van der Waals surface area contributed by atoms with E-state index in [1.165, 1.54) is 12.1 Å². The molecule has 1 aromatic carbocycles. The first-order chi connectivity index (χ1) is 9.25. The molecule has 0 radical (unpaired) electrons. The van der Waals surface area contributed by atoms with Gasteiger partial charge in [0.05, 0.1) is 17.2 Å². The van der Waals surface area contributed by atoms with Gasteiger partial charge in [0.15, 0.2) is 0 Å². The maximum atomic E-state index is 12.8. The van der Waals surface area contributed by atoms with E-state index in [-0.39, 0.29) is 11.1 Å². The molecule has 1 aliphatic heterocycles. The van der Waals surface area contributed by atoms with Crippen molar-refractivity contribution in [3.05, 3.63) is 29.3 Å². The minimum absolute atomic E-state index is 0.204. The normalized spacial score (nSPS) is 18.7. The van der Waals surface area contributed by atoms with Gasteiger partial charge < -0.3 is 10.2 Å². The molecule has 0 saturated carbocycles. The zero-order valence-electron chi connectivity index (χ0n) is 11.4. The van der Waals surface area contributed by atoms with Gasteiger partial charge >= 0.3 is 6.18 Å².